The monoisotopic (exact) mass is 464 g/mol. The topological polar surface area (TPSA) is 32.8 Å². The maximum Gasteiger partial charge on any atom is 0.249 e. The number of thioether (sulfide) groups is 1. The molecular weight excluding hydrogens is 428 g/mol. The zero-order valence-electron chi connectivity index (χ0n) is 18.9. The number of benzene rings is 1. The molecule has 2 heterocycles. The second-order valence-electron chi connectivity index (χ2n) is 8.47. The first kappa shape index (κ1) is 24.5. The number of morpholine rings is 1. The molecule has 1 aromatic rings. The van der Waals surface area contributed by atoms with E-state index in [1.54, 1.807) is 17.8 Å². The van der Waals surface area contributed by atoms with Crippen LogP contribution in [0.2, 0.25) is 5.02 Å². The van der Waals surface area contributed by atoms with Crippen molar-refractivity contribution in [3.8, 4) is 0 Å². The molecule has 0 N–H and O–H groups in total. The number of anilines is 1. The number of nitrogens with zero attached hydrogens (tertiary/aromatic N) is 2. The van der Waals surface area contributed by atoms with Gasteiger partial charge in [0.1, 0.15) is 0 Å². The van der Waals surface area contributed by atoms with E-state index in [9.17, 15) is 4.79 Å². The third kappa shape index (κ3) is 7.73. The van der Waals surface area contributed by atoms with Gasteiger partial charge in [-0.3, -0.25) is 4.79 Å². The molecule has 0 aliphatic carbocycles. The summed E-state index contributed by atoms with van der Waals surface area (Å²) in [6.07, 6.45) is 15.0. The molecule has 0 spiro atoms. The summed E-state index contributed by atoms with van der Waals surface area (Å²) in [6.45, 7) is 5.79. The third-order valence-electron chi connectivity index (χ3n) is 6.00. The van der Waals surface area contributed by atoms with E-state index >= 15 is 0 Å². The molecule has 0 bridgehead atoms. The summed E-state index contributed by atoms with van der Waals surface area (Å²) < 4.78 is 5.38. The Morgan fingerprint density at radius 2 is 1.68 bits per heavy atom. The van der Waals surface area contributed by atoms with E-state index in [-0.39, 0.29) is 5.91 Å². The molecule has 172 valence electrons. The van der Waals surface area contributed by atoms with Crippen molar-refractivity contribution in [2.45, 2.75) is 76.0 Å². The standard InChI is InChI=1S/C25H37ClN2O2S/c1-2-3-4-5-6-7-8-9-10-11-14-28-22-19-21(26)12-13-23(22)31-25(28)20-24(29)27-15-17-30-18-16-27/h12-13,19-20H,2-11,14-18H2,1H3. The minimum atomic E-state index is 0.0813. The lowest BCUT2D eigenvalue weighted by atomic mass is 10.1. The minimum absolute atomic E-state index is 0.0813. The van der Waals surface area contributed by atoms with Crippen LogP contribution in [0, 0.1) is 0 Å². The highest BCUT2D eigenvalue weighted by Gasteiger charge is 2.27. The predicted octanol–water partition coefficient (Wildman–Crippen LogP) is 6.87. The van der Waals surface area contributed by atoms with E-state index < -0.39 is 0 Å². The van der Waals surface area contributed by atoms with E-state index in [1.165, 1.54) is 62.7 Å². The van der Waals surface area contributed by atoms with Crippen molar-refractivity contribution < 1.29 is 9.53 Å². The van der Waals surface area contributed by atoms with Crippen LogP contribution in [-0.2, 0) is 9.53 Å². The van der Waals surface area contributed by atoms with Gasteiger partial charge in [0.15, 0.2) is 0 Å². The van der Waals surface area contributed by atoms with Gasteiger partial charge in [-0.1, -0.05) is 88.1 Å². The van der Waals surface area contributed by atoms with Crippen LogP contribution in [0.3, 0.4) is 0 Å². The Hall–Kier alpha value is -1.17. The first-order valence-electron chi connectivity index (χ1n) is 12.0. The Morgan fingerprint density at radius 3 is 2.35 bits per heavy atom. The number of unbranched alkanes of at least 4 members (excludes halogenated alkanes) is 9. The number of hydrogen-bond acceptors (Lipinski definition) is 4. The molecular formula is C25H37ClN2O2S. The fraction of sp³-hybridized carbons (Fsp3) is 0.640. The van der Waals surface area contributed by atoms with Crippen molar-refractivity contribution in [2.75, 3.05) is 37.7 Å². The Morgan fingerprint density at radius 1 is 1.03 bits per heavy atom. The highest BCUT2D eigenvalue weighted by atomic mass is 35.5. The molecule has 0 atom stereocenters. The van der Waals surface area contributed by atoms with Crippen LogP contribution in [0.15, 0.2) is 34.2 Å². The quantitative estimate of drug-likeness (QED) is 0.249. The third-order valence-corrected chi connectivity index (χ3v) is 7.34. The highest BCUT2D eigenvalue weighted by Crippen LogP contribution is 2.47. The van der Waals surface area contributed by atoms with E-state index in [4.69, 9.17) is 16.3 Å². The van der Waals surface area contributed by atoms with Gasteiger partial charge in [-0.2, -0.15) is 0 Å². The van der Waals surface area contributed by atoms with Gasteiger partial charge < -0.3 is 14.5 Å². The molecule has 0 aromatic heterocycles. The average molecular weight is 465 g/mol. The molecule has 2 aliphatic heterocycles. The first-order valence-corrected chi connectivity index (χ1v) is 13.2. The molecule has 31 heavy (non-hydrogen) atoms. The van der Waals surface area contributed by atoms with Gasteiger partial charge in [0.25, 0.3) is 0 Å². The van der Waals surface area contributed by atoms with Crippen molar-refractivity contribution in [3.63, 3.8) is 0 Å². The second kappa shape index (κ2) is 13.4. The largest absolute Gasteiger partial charge is 0.378 e. The molecule has 2 aliphatic rings. The van der Waals surface area contributed by atoms with Crippen LogP contribution in [0.5, 0.6) is 0 Å². The second-order valence-corrected chi connectivity index (χ2v) is 9.97. The van der Waals surface area contributed by atoms with Crippen molar-refractivity contribution in [2.24, 2.45) is 0 Å². The maximum atomic E-state index is 12.8. The summed E-state index contributed by atoms with van der Waals surface area (Å²) in [4.78, 5) is 18.1. The van der Waals surface area contributed by atoms with Gasteiger partial charge in [-0.15, -0.1) is 0 Å². The van der Waals surface area contributed by atoms with Crippen LogP contribution < -0.4 is 4.90 Å². The Labute approximate surface area is 197 Å². The minimum Gasteiger partial charge on any atom is -0.378 e. The van der Waals surface area contributed by atoms with Gasteiger partial charge in [0, 0.05) is 35.6 Å². The van der Waals surface area contributed by atoms with Crippen LogP contribution in [-0.4, -0.2) is 43.7 Å². The van der Waals surface area contributed by atoms with Crippen LogP contribution in [0.25, 0.3) is 0 Å². The maximum absolute atomic E-state index is 12.8. The molecule has 1 saturated heterocycles. The van der Waals surface area contributed by atoms with Gasteiger partial charge in [-0.25, -0.2) is 0 Å². The van der Waals surface area contributed by atoms with Gasteiger partial charge in [-0.05, 0) is 24.6 Å². The fourth-order valence-electron chi connectivity index (χ4n) is 4.15. The Bertz CT molecular complexity index is 734. The number of carbonyl (C=O) groups is 1. The summed E-state index contributed by atoms with van der Waals surface area (Å²) in [5.41, 5.74) is 1.13. The van der Waals surface area contributed by atoms with E-state index in [1.807, 2.05) is 17.0 Å². The normalized spacial score (nSPS) is 17.4. The molecule has 0 radical (unpaired) electrons. The van der Waals surface area contributed by atoms with Crippen molar-refractivity contribution >= 4 is 35.0 Å². The van der Waals surface area contributed by atoms with Crippen molar-refractivity contribution in [3.05, 3.63) is 34.3 Å². The predicted molar refractivity (Wildman–Crippen MR) is 132 cm³/mol. The number of halogens is 1. The number of ether oxygens (including phenoxy) is 1. The lowest BCUT2D eigenvalue weighted by Gasteiger charge is -2.26. The molecule has 1 fully saturated rings. The van der Waals surface area contributed by atoms with Gasteiger partial charge in [0.05, 0.1) is 23.9 Å². The zero-order chi connectivity index (χ0) is 21.9. The van der Waals surface area contributed by atoms with Gasteiger partial charge >= 0.3 is 0 Å². The van der Waals surface area contributed by atoms with Crippen LogP contribution >= 0.6 is 23.4 Å². The summed E-state index contributed by atoms with van der Waals surface area (Å²) >= 11 is 7.96. The summed E-state index contributed by atoms with van der Waals surface area (Å²) in [7, 11) is 0. The zero-order valence-corrected chi connectivity index (χ0v) is 20.5. The van der Waals surface area contributed by atoms with E-state index in [0.717, 1.165) is 28.7 Å². The molecule has 0 saturated carbocycles. The molecule has 1 aromatic carbocycles. The smallest absolute Gasteiger partial charge is 0.249 e. The Kier molecular flexibility index (Phi) is 10.6. The van der Waals surface area contributed by atoms with Crippen LogP contribution in [0.4, 0.5) is 5.69 Å². The molecule has 1 amide bonds. The fourth-order valence-corrected chi connectivity index (χ4v) is 5.41. The lowest BCUT2D eigenvalue weighted by molar-refractivity contribution is -0.130. The highest BCUT2D eigenvalue weighted by molar-refractivity contribution is 8.03. The van der Waals surface area contributed by atoms with Crippen LogP contribution in [0.1, 0.15) is 71.1 Å². The number of carbonyl (C=O) groups excluding carboxylic acids is 1. The van der Waals surface area contributed by atoms with Crippen molar-refractivity contribution in [1.82, 2.24) is 4.90 Å². The number of amides is 1. The molecule has 4 nitrogen and oxygen atoms in total. The Balaban J connectivity index is 1.50. The lowest BCUT2D eigenvalue weighted by Crippen LogP contribution is -2.40. The average Bonchev–Trinajstić information content (AvgIpc) is 3.11. The summed E-state index contributed by atoms with van der Waals surface area (Å²) in [6, 6.07) is 6.02. The van der Waals surface area contributed by atoms with E-state index in [0.29, 0.717) is 26.3 Å². The number of rotatable bonds is 12. The SMILES string of the molecule is CCCCCCCCCCCCN1C(=CC(=O)N2CCOCC2)Sc2ccc(Cl)cc21. The number of fused-ring (bicyclic) bond motifs is 1. The van der Waals surface area contributed by atoms with E-state index in [2.05, 4.69) is 17.9 Å². The van der Waals surface area contributed by atoms with Gasteiger partial charge in [0.2, 0.25) is 5.91 Å². The molecule has 3 rings (SSSR count). The molecule has 6 heteroatoms. The number of hydrogen-bond donors (Lipinski definition) is 0. The first-order chi connectivity index (χ1) is 15.2. The summed E-state index contributed by atoms with van der Waals surface area (Å²) in [5.74, 6) is 0.0813. The van der Waals surface area contributed by atoms with Crippen molar-refractivity contribution in [1.29, 1.82) is 0 Å². The molecule has 0 unspecified atom stereocenters. The summed E-state index contributed by atoms with van der Waals surface area (Å²) in [5, 5.41) is 1.76.